The van der Waals surface area contributed by atoms with Crippen molar-refractivity contribution in [2.75, 3.05) is 41.4 Å². The van der Waals surface area contributed by atoms with Crippen LogP contribution in [-0.4, -0.2) is 52.5 Å². The van der Waals surface area contributed by atoms with E-state index < -0.39 is 0 Å². The lowest BCUT2D eigenvalue weighted by Crippen LogP contribution is -2.25. The third kappa shape index (κ3) is 4.21. The molecule has 0 amide bonds. The minimum atomic E-state index is 0.108. The summed E-state index contributed by atoms with van der Waals surface area (Å²) in [6.45, 7) is 3.84. The molecule has 8 nitrogen and oxygen atoms in total. The van der Waals surface area contributed by atoms with E-state index in [4.69, 9.17) is 11.6 Å². The van der Waals surface area contributed by atoms with Crippen molar-refractivity contribution >= 4 is 35.7 Å². The van der Waals surface area contributed by atoms with Gasteiger partial charge in [-0.05, 0) is 43.9 Å². The number of phenolic OH excluding ortho intramolecular Hbond substituents is 1. The van der Waals surface area contributed by atoms with Crippen LogP contribution in [0.2, 0.25) is 5.02 Å². The number of rotatable bonds is 5. The highest BCUT2D eigenvalue weighted by atomic mass is 35.5. The van der Waals surface area contributed by atoms with Gasteiger partial charge in [-0.15, -0.1) is 0 Å². The lowest BCUT2D eigenvalue weighted by Gasteiger charge is -2.20. The minimum Gasteiger partial charge on any atom is -0.507 e. The molecule has 2 N–H and O–H groups in total. The van der Waals surface area contributed by atoms with Gasteiger partial charge in [0, 0.05) is 36.8 Å². The van der Waals surface area contributed by atoms with Crippen LogP contribution in [0.1, 0.15) is 31.2 Å². The molecule has 3 heterocycles. The Kier molecular flexibility index (Phi) is 5.24. The Morgan fingerprint density at radius 1 is 0.963 bits per heavy atom. The summed E-state index contributed by atoms with van der Waals surface area (Å²) in [5, 5.41) is 14.6. The van der Waals surface area contributed by atoms with Gasteiger partial charge in [0.1, 0.15) is 5.75 Å². The topological polar surface area (TPSA) is 89.8 Å². The Morgan fingerprint density at radius 3 is 2.15 bits per heavy atom. The third-order valence-corrected chi connectivity index (χ3v) is 4.98. The zero-order valence-corrected chi connectivity index (χ0v) is 15.7. The normalized spacial score (nSPS) is 17.2. The number of phenols is 1. The lowest BCUT2D eigenvalue weighted by atomic mass is 10.2. The van der Waals surface area contributed by atoms with E-state index in [9.17, 15) is 5.11 Å². The number of aromatic hydroxyl groups is 1. The highest BCUT2D eigenvalue weighted by Crippen LogP contribution is 2.23. The second kappa shape index (κ2) is 7.96. The quantitative estimate of drug-likeness (QED) is 0.602. The Balaban J connectivity index is 1.56. The number of nitrogens with zero attached hydrogens (tertiary/aromatic N) is 6. The van der Waals surface area contributed by atoms with Crippen molar-refractivity contribution in [3.63, 3.8) is 0 Å². The van der Waals surface area contributed by atoms with Crippen LogP contribution in [0.3, 0.4) is 0 Å². The van der Waals surface area contributed by atoms with E-state index in [0.29, 0.717) is 28.4 Å². The van der Waals surface area contributed by atoms with Crippen LogP contribution in [0.4, 0.5) is 17.8 Å². The molecule has 2 aliphatic rings. The predicted octanol–water partition coefficient (Wildman–Crippen LogP) is 2.88. The smallest absolute Gasteiger partial charge is 0.250 e. The van der Waals surface area contributed by atoms with Gasteiger partial charge in [0.15, 0.2) is 0 Å². The van der Waals surface area contributed by atoms with Crippen LogP contribution in [0.15, 0.2) is 23.3 Å². The van der Waals surface area contributed by atoms with Crippen molar-refractivity contribution in [1.82, 2.24) is 15.0 Å². The SMILES string of the molecule is Oc1ccc(Cl)cc1C=NNc1nc(N2CCCC2)nc(N2CCCC2)n1. The standard InChI is InChI=1S/C18H22ClN7O/c19-14-5-6-15(27)13(11-14)12-20-24-16-21-17(25-7-1-2-8-25)23-18(22-16)26-9-3-4-10-26/h5-6,11-12,27H,1-4,7-10H2,(H,21,22,23,24). The van der Waals surface area contributed by atoms with Gasteiger partial charge < -0.3 is 14.9 Å². The highest BCUT2D eigenvalue weighted by Gasteiger charge is 2.21. The molecular formula is C18H22ClN7O. The Hall–Kier alpha value is -2.61. The molecule has 1 aromatic heterocycles. The fourth-order valence-corrected chi connectivity index (χ4v) is 3.49. The molecule has 0 radical (unpaired) electrons. The maximum absolute atomic E-state index is 9.88. The average molecular weight is 388 g/mol. The number of aromatic nitrogens is 3. The summed E-state index contributed by atoms with van der Waals surface area (Å²) in [4.78, 5) is 18.1. The van der Waals surface area contributed by atoms with Crippen LogP contribution >= 0.6 is 11.6 Å². The second-order valence-corrected chi connectivity index (χ2v) is 7.16. The maximum Gasteiger partial charge on any atom is 0.250 e. The molecule has 27 heavy (non-hydrogen) atoms. The average Bonchev–Trinajstić information content (AvgIpc) is 3.38. The number of hydrogen-bond acceptors (Lipinski definition) is 8. The van der Waals surface area contributed by atoms with Gasteiger partial charge in [-0.25, -0.2) is 5.43 Å². The van der Waals surface area contributed by atoms with Crippen LogP contribution in [0.25, 0.3) is 0 Å². The first-order chi connectivity index (χ1) is 13.2. The molecule has 0 aliphatic carbocycles. The summed E-state index contributed by atoms with van der Waals surface area (Å²) in [6, 6.07) is 4.79. The zero-order valence-electron chi connectivity index (χ0n) is 15.0. The maximum atomic E-state index is 9.88. The number of hydrogen-bond donors (Lipinski definition) is 2. The zero-order chi connectivity index (χ0) is 18.6. The molecular weight excluding hydrogens is 366 g/mol. The summed E-state index contributed by atoms with van der Waals surface area (Å²) < 4.78 is 0. The number of benzene rings is 1. The molecule has 142 valence electrons. The molecule has 0 atom stereocenters. The van der Waals surface area contributed by atoms with Crippen molar-refractivity contribution in [3.8, 4) is 5.75 Å². The van der Waals surface area contributed by atoms with Crippen molar-refractivity contribution in [3.05, 3.63) is 28.8 Å². The molecule has 0 saturated carbocycles. The van der Waals surface area contributed by atoms with Crippen LogP contribution in [-0.2, 0) is 0 Å². The van der Waals surface area contributed by atoms with Gasteiger partial charge >= 0.3 is 0 Å². The van der Waals surface area contributed by atoms with Crippen molar-refractivity contribution < 1.29 is 5.11 Å². The van der Waals surface area contributed by atoms with Crippen LogP contribution < -0.4 is 15.2 Å². The number of anilines is 3. The Morgan fingerprint density at radius 2 is 1.56 bits per heavy atom. The fourth-order valence-electron chi connectivity index (χ4n) is 3.31. The van der Waals surface area contributed by atoms with Gasteiger partial charge in [0.25, 0.3) is 0 Å². The summed E-state index contributed by atoms with van der Waals surface area (Å²) in [5.74, 6) is 1.88. The van der Waals surface area contributed by atoms with E-state index in [0.717, 1.165) is 51.9 Å². The van der Waals surface area contributed by atoms with Gasteiger partial charge in [-0.2, -0.15) is 20.1 Å². The first kappa shape index (κ1) is 17.8. The largest absolute Gasteiger partial charge is 0.507 e. The molecule has 9 heteroatoms. The lowest BCUT2D eigenvalue weighted by molar-refractivity contribution is 0.474. The highest BCUT2D eigenvalue weighted by molar-refractivity contribution is 6.30. The fraction of sp³-hybridized carbons (Fsp3) is 0.444. The van der Waals surface area contributed by atoms with E-state index in [-0.39, 0.29) is 5.75 Å². The summed E-state index contributed by atoms with van der Waals surface area (Å²) >= 11 is 5.96. The van der Waals surface area contributed by atoms with Gasteiger partial charge in [-0.1, -0.05) is 11.6 Å². The molecule has 2 aromatic rings. The minimum absolute atomic E-state index is 0.108. The molecule has 2 fully saturated rings. The number of hydrazone groups is 1. The molecule has 2 aliphatic heterocycles. The van der Waals surface area contributed by atoms with Crippen LogP contribution in [0, 0.1) is 0 Å². The molecule has 0 unspecified atom stereocenters. The van der Waals surface area contributed by atoms with Crippen molar-refractivity contribution in [1.29, 1.82) is 0 Å². The first-order valence-electron chi connectivity index (χ1n) is 9.22. The van der Waals surface area contributed by atoms with Crippen molar-refractivity contribution in [2.24, 2.45) is 5.10 Å². The molecule has 2 saturated heterocycles. The van der Waals surface area contributed by atoms with Gasteiger partial charge in [-0.3, -0.25) is 0 Å². The van der Waals surface area contributed by atoms with Gasteiger partial charge in [0.05, 0.1) is 6.21 Å². The molecule has 4 rings (SSSR count). The summed E-state index contributed by atoms with van der Waals surface area (Å²) in [5.41, 5.74) is 3.38. The predicted molar refractivity (Wildman–Crippen MR) is 107 cm³/mol. The first-order valence-corrected chi connectivity index (χ1v) is 9.60. The van der Waals surface area contributed by atoms with E-state index in [1.807, 2.05) is 0 Å². The monoisotopic (exact) mass is 387 g/mol. The Labute approximate surface area is 162 Å². The van der Waals surface area contributed by atoms with E-state index in [2.05, 4.69) is 35.3 Å². The van der Waals surface area contributed by atoms with E-state index in [1.54, 1.807) is 12.1 Å². The van der Waals surface area contributed by atoms with E-state index >= 15 is 0 Å². The second-order valence-electron chi connectivity index (χ2n) is 6.72. The van der Waals surface area contributed by atoms with E-state index in [1.165, 1.54) is 12.3 Å². The third-order valence-electron chi connectivity index (χ3n) is 4.75. The van der Waals surface area contributed by atoms with Crippen LogP contribution in [0.5, 0.6) is 5.75 Å². The number of nitrogens with one attached hydrogen (secondary N) is 1. The summed E-state index contributed by atoms with van der Waals surface area (Å²) in [7, 11) is 0. The van der Waals surface area contributed by atoms with Crippen molar-refractivity contribution in [2.45, 2.75) is 25.7 Å². The molecule has 0 spiro atoms. The van der Waals surface area contributed by atoms with Gasteiger partial charge in [0.2, 0.25) is 17.8 Å². The number of halogens is 1. The molecule has 1 aromatic carbocycles. The Bertz CT molecular complexity index is 798. The molecule has 0 bridgehead atoms. The summed E-state index contributed by atoms with van der Waals surface area (Å²) in [6.07, 6.45) is 6.11.